The Balaban J connectivity index is 2.80. The van der Waals surface area contributed by atoms with E-state index >= 15 is 0 Å². The molecule has 2 heterocycles. The molecule has 0 spiro atoms. The first-order chi connectivity index (χ1) is 8.54. The Morgan fingerprint density at radius 1 is 1.22 bits per heavy atom. The fourth-order valence-corrected chi connectivity index (χ4v) is 1.50. The zero-order valence-electron chi connectivity index (χ0n) is 9.33. The number of carbonyl (C=O) groups excluding carboxylic acids is 1. The number of esters is 1. The van der Waals surface area contributed by atoms with Crippen LogP contribution in [0.2, 0.25) is 0 Å². The molecule has 0 radical (unpaired) electrons. The molecule has 0 amide bonds. The number of H-pyrrole nitrogens is 3. The van der Waals surface area contributed by atoms with Gasteiger partial charge in [0.2, 0.25) is 5.43 Å². The molecule has 0 saturated carbocycles. The molecule has 8 nitrogen and oxygen atoms in total. The van der Waals surface area contributed by atoms with E-state index in [0.29, 0.717) is 0 Å². The van der Waals surface area contributed by atoms with Crippen LogP contribution in [0.4, 0.5) is 0 Å². The van der Waals surface area contributed by atoms with Gasteiger partial charge in [0.05, 0.1) is 6.61 Å². The lowest BCUT2D eigenvalue weighted by Crippen LogP contribution is -2.28. The van der Waals surface area contributed by atoms with E-state index in [9.17, 15) is 19.2 Å². The third kappa shape index (κ3) is 1.83. The van der Waals surface area contributed by atoms with Crippen LogP contribution in [0.1, 0.15) is 17.3 Å². The molecule has 18 heavy (non-hydrogen) atoms. The largest absolute Gasteiger partial charge is 0.462 e. The summed E-state index contributed by atoms with van der Waals surface area (Å²) in [5, 5.41) is 0. The first-order valence-corrected chi connectivity index (χ1v) is 5.09. The van der Waals surface area contributed by atoms with Gasteiger partial charge in [-0.25, -0.2) is 9.59 Å². The Morgan fingerprint density at radius 3 is 2.61 bits per heavy atom. The molecule has 2 aromatic rings. The van der Waals surface area contributed by atoms with Gasteiger partial charge in [-0.15, -0.1) is 0 Å². The van der Waals surface area contributed by atoms with Crippen molar-refractivity contribution in [2.24, 2.45) is 0 Å². The van der Waals surface area contributed by atoms with E-state index in [1.807, 2.05) is 4.98 Å². The summed E-state index contributed by atoms with van der Waals surface area (Å²) >= 11 is 0. The van der Waals surface area contributed by atoms with E-state index in [0.717, 1.165) is 6.20 Å². The van der Waals surface area contributed by atoms with Gasteiger partial charge >= 0.3 is 11.7 Å². The molecule has 0 fully saturated rings. The summed E-state index contributed by atoms with van der Waals surface area (Å²) in [5.74, 6) is -0.818. The van der Waals surface area contributed by atoms with Crippen LogP contribution in [-0.4, -0.2) is 27.5 Å². The van der Waals surface area contributed by atoms with Crippen LogP contribution < -0.4 is 16.7 Å². The minimum absolute atomic E-state index is 0.104. The molecule has 0 aliphatic heterocycles. The number of carbonyl (C=O) groups is 1. The van der Waals surface area contributed by atoms with Crippen LogP contribution in [0.25, 0.3) is 11.0 Å². The number of hydrogen-bond donors (Lipinski definition) is 3. The van der Waals surface area contributed by atoms with E-state index in [-0.39, 0.29) is 23.2 Å². The van der Waals surface area contributed by atoms with Crippen LogP contribution in [0.5, 0.6) is 0 Å². The van der Waals surface area contributed by atoms with E-state index in [1.165, 1.54) is 0 Å². The van der Waals surface area contributed by atoms with Crippen molar-refractivity contribution in [3.05, 3.63) is 42.8 Å². The predicted octanol–water partition coefficient (Wildman–Crippen LogP) is -0.919. The smallest absolute Gasteiger partial charge is 0.343 e. The molecule has 2 aromatic heterocycles. The van der Waals surface area contributed by atoms with Gasteiger partial charge in [0.25, 0.3) is 5.56 Å². The van der Waals surface area contributed by atoms with Crippen molar-refractivity contribution in [1.29, 1.82) is 0 Å². The van der Waals surface area contributed by atoms with E-state index < -0.39 is 22.6 Å². The summed E-state index contributed by atoms with van der Waals surface area (Å²) in [7, 11) is 0. The third-order valence-electron chi connectivity index (χ3n) is 2.27. The molecule has 3 N–H and O–H groups in total. The Bertz CT molecular complexity index is 782. The van der Waals surface area contributed by atoms with Gasteiger partial charge < -0.3 is 14.7 Å². The summed E-state index contributed by atoms with van der Waals surface area (Å²) in [6.45, 7) is 1.71. The second kappa shape index (κ2) is 4.32. The molecular weight excluding hydrogens is 242 g/mol. The number of aromatic amines is 3. The molecule has 94 valence electrons. The Morgan fingerprint density at radius 2 is 1.94 bits per heavy atom. The highest BCUT2D eigenvalue weighted by Crippen LogP contribution is 1.99. The van der Waals surface area contributed by atoms with E-state index in [2.05, 4.69) is 14.7 Å². The van der Waals surface area contributed by atoms with Crippen LogP contribution in [0, 0.1) is 0 Å². The summed E-state index contributed by atoms with van der Waals surface area (Å²) in [6.07, 6.45) is 1.08. The standard InChI is InChI=1S/C10H9N3O5/c1-2-18-9(16)4-3-11-6-5(7(4)14)12-10(17)13-8(6)15/h3H,2H2,1H3,(H,11,14)(H2,12,13,15,17). The Hall–Kier alpha value is -2.64. The van der Waals surface area contributed by atoms with Crippen LogP contribution >= 0.6 is 0 Å². The number of ether oxygens (including phenoxy) is 1. The average Bonchev–Trinajstić information content (AvgIpc) is 2.30. The normalized spacial score (nSPS) is 10.5. The number of pyridine rings is 1. The molecule has 0 aliphatic rings. The lowest BCUT2D eigenvalue weighted by atomic mass is 10.2. The summed E-state index contributed by atoms with van der Waals surface area (Å²) in [5.41, 5.74) is -2.95. The van der Waals surface area contributed by atoms with Crippen molar-refractivity contribution < 1.29 is 9.53 Å². The number of rotatable bonds is 2. The highest BCUT2D eigenvalue weighted by Gasteiger charge is 2.15. The third-order valence-corrected chi connectivity index (χ3v) is 2.27. The second-order valence-corrected chi connectivity index (χ2v) is 3.41. The minimum atomic E-state index is -0.820. The van der Waals surface area contributed by atoms with Crippen LogP contribution in [-0.2, 0) is 4.74 Å². The quantitative estimate of drug-likeness (QED) is 0.595. The van der Waals surface area contributed by atoms with Crippen LogP contribution in [0.3, 0.4) is 0 Å². The van der Waals surface area contributed by atoms with Gasteiger partial charge in [0.1, 0.15) is 16.6 Å². The highest BCUT2D eigenvalue weighted by molar-refractivity contribution is 5.92. The molecule has 0 aromatic carbocycles. The fourth-order valence-electron chi connectivity index (χ4n) is 1.50. The Labute approximate surface area is 98.6 Å². The van der Waals surface area contributed by atoms with Crippen molar-refractivity contribution in [2.75, 3.05) is 6.61 Å². The molecule has 8 heteroatoms. The van der Waals surface area contributed by atoms with Gasteiger partial charge in [0.15, 0.2) is 0 Å². The highest BCUT2D eigenvalue weighted by atomic mass is 16.5. The maximum atomic E-state index is 11.9. The van der Waals surface area contributed by atoms with Crippen molar-refractivity contribution in [2.45, 2.75) is 6.92 Å². The van der Waals surface area contributed by atoms with Crippen LogP contribution in [0.15, 0.2) is 20.6 Å². The average molecular weight is 251 g/mol. The van der Waals surface area contributed by atoms with Crippen molar-refractivity contribution >= 4 is 17.0 Å². The summed E-state index contributed by atoms with van der Waals surface area (Å²) in [6, 6.07) is 0. The monoisotopic (exact) mass is 251 g/mol. The van der Waals surface area contributed by atoms with Crippen molar-refractivity contribution in [3.63, 3.8) is 0 Å². The second-order valence-electron chi connectivity index (χ2n) is 3.41. The number of nitrogens with one attached hydrogen (secondary N) is 3. The molecule has 0 aliphatic carbocycles. The predicted molar refractivity (Wildman–Crippen MR) is 61.8 cm³/mol. The lowest BCUT2D eigenvalue weighted by molar-refractivity contribution is 0.0524. The van der Waals surface area contributed by atoms with E-state index in [1.54, 1.807) is 6.92 Å². The van der Waals surface area contributed by atoms with Gasteiger partial charge in [-0.3, -0.25) is 14.6 Å². The molecular formula is C10H9N3O5. The number of fused-ring (bicyclic) bond motifs is 1. The van der Waals surface area contributed by atoms with Gasteiger partial charge in [-0.1, -0.05) is 0 Å². The molecule has 0 unspecified atom stereocenters. The minimum Gasteiger partial charge on any atom is -0.462 e. The van der Waals surface area contributed by atoms with Gasteiger partial charge in [-0.05, 0) is 6.92 Å². The van der Waals surface area contributed by atoms with E-state index in [4.69, 9.17) is 0 Å². The maximum absolute atomic E-state index is 11.9. The maximum Gasteiger partial charge on any atom is 0.343 e. The SMILES string of the molecule is CCOC(=O)c1c[nH]c2c(=O)[nH]c(=O)[nH]c2c1=O. The summed E-state index contributed by atoms with van der Waals surface area (Å²) in [4.78, 5) is 52.5. The lowest BCUT2D eigenvalue weighted by Gasteiger charge is -2.02. The van der Waals surface area contributed by atoms with Gasteiger partial charge in [-0.2, -0.15) is 0 Å². The Kier molecular flexibility index (Phi) is 2.84. The first-order valence-electron chi connectivity index (χ1n) is 5.09. The van der Waals surface area contributed by atoms with Gasteiger partial charge in [0, 0.05) is 6.20 Å². The molecule has 0 atom stereocenters. The van der Waals surface area contributed by atoms with Crippen molar-refractivity contribution in [3.8, 4) is 0 Å². The zero-order chi connectivity index (χ0) is 13.3. The fraction of sp³-hybridized carbons (Fsp3) is 0.200. The molecule has 0 bridgehead atoms. The number of hydrogen-bond acceptors (Lipinski definition) is 5. The molecule has 0 saturated heterocycles. The number of aromatic nitrogens is 3. The summed E-state index contributed by atoms with van der Waals surface area (Å²) < 4.78 is 4.68. The molecule has 2 rings (SSSR count). The van der Waals surface area contributed by atoms with Crippen molar-refractivity contribution in [1.82, 2.24) is 15.0 Å². The zero-order valence-corrected chi connectivity index (χ0v) is 9.33. The topological polar surface area (TPSA) is 125 Å². The first kappa shape index (κ1) is 11.8.